The van der Waals surface area contributed by atoms with Crippen LogP contribution in [0.1, 0.15) is 23.7 Å². The average molecular weight is 372 g/mol. The van der Waals surface area contributed by atoms with Crippen LogP contribution in [0.25, 0.3) is 0 Å². The Bertz CT molecular complexity index is 834. The molecule has 134 valence electrons. The first-order valence-corrected chi connectivity index (χ1v) is 8.54. The van der Waals surface area contributed by atoms with Crippen molar-refractivity contribution in [3.05, 3.63) is 59.1 Å². The summed E-state index contributed by atoms with van der Waals surface area (Å²) in [5, 5.41) is 6.11. The van der Waals surface area contributed by atoms with Crippen molar-refractivity contribution in [3.8, 4) is 0 Å². The summed E-state index contributed by atoms with van der Waals surface area (Å²) in [6.45, 7) is 1.88. The van der Waals surface area contributed by atoms with Crippen LogP contribution in [-0.2, 0) is 4.79 Å². The van der Waals surface area contributed by atoms with E-state index < -0.39 is 6.03 Å². The number of anilines is 2. The minimum Gasteiger partial charge on any atom is -0.333 e. The first kappa shape index (κ1) is 17.9. The van der Waals surface area contributed by atoms with E-state index in [0.29, 0.717) is 22.8 Å². The normalized spacial score (nSPS) is 16.5. The van der Waals surface area contributed by atoms with Crippen molar-refractivity contribution in [3.63, 3.8) is 0 Å². The van der Waals surface area contributed by atoms with Gasteiger partial charge in [-0.3, -0.25) is 9.59 Å². The number of carbonyl (C=O) groups excluding carboxylic acids is 3. The van der Waals surface area contributed by atoms with Gasteiger partial charge in [0, 0.05) is 34.9 Å². The van der Waals surface area contributed by atoms with Gasteiger partial charge in [0.25, 0.3) is 0 Å². The molecule has 0 spiro atoms. The van der Waals surface area contributed by atoms with Gasteiger partial charge in [0.2, 0.25) is 5.91 Å². The van der Waals surface area contributed by atoms with E-state index >= 15 is 0 Å². The Balaban J connectivity index is 1.57. The summed E-state index contributed by atoms with van der Waals surface area (Å²) in [6.07, 6.45) is 0.235. The highest BCUT2D eigenvalue weighted by molar-refractivity contribution is 6.30. The second kappa shape index (κ2) is 7.58. The van der Waals surface area contributed by atoms with Crippen LogP contribution in [0.3, 0.4) is 0 Å². The number of Topliss-reactive ketones (excluding diaryl/α,β-unsaturated/α-hetero) is 1. The first-order valence-electron chi connectivity index (χ1n) is 8.17. The minimum atomic E-state index is -0.392. The molecule has 3 rings (SSSR count). The standard InChI is InChI=1S/C19H18ClN3O3/c1-12(24)13-2-6-15(7-3-13)21-19(26)22-16-10-18(25)23(11-16)17-8-4-14(20)5-9-17/h2-9,16H,10-11H2,1H3,(H2,21,22,26)/t16-/m1/s1. The zero-order chi connectivity index (χ0) is 18.7. The van der Waals surface area contributed by atoms with E-state index in [9.17, 15) is 14.4 Å². The fraction of sp³-hybridized carbons (Fsp3) is 0.211. The Hall–Kier alpha value is -2.86. The summed E-state index contributed by atoms with van der Waals surface area (Å²) >= 11 is 5.87. The third kappa shape index (κ3) is 4.21. The lowest BCUT2D eigenvalue weighted by Gasteiger charge is -2.17. The van der Waals surface area contributed by atoms with Gasteiger partial charge in [-0.2, -0.15) is 0 Å². The van der Waals surface area contributed by atoms with Gasteiger partial charge >= 0.3 is 6.03 Å². The Morgan fingerprint density at radius 2 is 1.73 bits per heavy atom. The van der Waals surface area contributed by atoms with Crippen LogP contribution in [0.2, 0.25) is 5.02 Å². The monoisotopic (exact) mass is 371 g/mol. The average Bonchev–Trinajstić information content (AvgIpc) is 2.96. The van der Waals surface area contributed by atoms with E-state index in [2.05, 4.69) is 10.6 Å². The molecule has 6 nitrogen and oxygen atoms in total. The Morgan fingerprint density at radius 1 is 1.08 bits per heavy atom. The molecule has 3 amide bonds. The number of nitrogens with one attached hydrogen (secondary N) is 2. The molecule has 1 aliphatic rings. The topological polar surface area (TPSA) is 78.5 Å². The van der Waals surface area contributed by atoms with E-state index in [1.165, 1.54) is 6.92 Å². The second-order valence-corrected chi connectivity index (χ2v) is 6.55. The highest BCUT2D eigenvalue weighted by Crippen LogP contribution is 2.23. The molecule has 1 saturated heterocycles. The van der Waals surface area contributed by atoms with Crippen molar-refractivity contribution in [2.75, 3.05) is 16.8 Å². The van der Waals surface area contributed by atoms with E-state index in [-0.39, 0.29) is 24.2 Å². The molecule has 0 aliphatic carbocycles. The summed E-state index contributed by atoms with van der Waals surface area (Å²) in [5.41, 5.74) is 1.91. The number of carbonyl (C=O) groups is 3. The van der Waals surface area contributed by atoms with Crippen LogP contribution in [0, 0.1) is 0 Å². The van der Waals surface area contributed by atoms with Crippen molar-refractivity contribution in [2.24, 2.45) is 0 Å². The molecule has 0 saturated carbocycles. The van der Waals surface area contributed by atoms with Gasteiger partial charge in [-0.15, -0.1) is 0 Å². The van der Waals surface area contributed by atoms with Crippen molar-refractivity contribution >= 4 is 40.7 Å². The number of hydrogen-bond acceptors (Lipinski definition) is 3. The molecule has 1 heterocycles. The predicted octanol–water partition coefficient (Wildman–Crippen LogP) is 3.47. The quantitative estimate of drug-likeness (QED) is 0.808. The maximum absolute atomic E-state index is 12.2. The molecule has 2 aromatic carbocycles. The van der Waals surface area contributed by atoms with Gasteiger partial charge in [-0.25, -0.2) is 4.79 Å². The Kier molecular flexibility index (Phi) is 5.23. The Morgan fingerprint density at radius 3 is 2.35 bits per heavy atom. The number of hydrogen-bond donors (Lipinski definition) is 2. The van der Waals surface area contributed by atoms with Crippen LogP contribution >= 0.6 is 11.6 Å². The lowest BCUT2D eigenvalue weighted by atomic mass is 10.1. The third-order valence-corrected chi connectivity index (χ3v) is 4.40. The number of amides is 3. The van der Waals surface area contributed by atoms with Gasteiger partial charge in [0.15, 0.2) is 5.78 Å². The second-order valence-electron chi connectivity index (χ2n) is 6.11. The van der Waals surface area contributed by atoms with Crippen LogP contribution in [-0.4, -0.2) is 30.3 Å². The molecule has 1 aliphatic heterocycles. The highest BCUT2D eigenvalue weighted by Gasteiger charge is 2.31. The van der Waals surface area contributed by atoms with Gasteiger partial charge < -0.3 is 15.5 Å². The van der Waals surface area contributed by atoms with E-state index in [1.807, 2.05) is 0 Å². The van der Waals surface area contributed by atoms with Crippen molar-refractivity contribution in [2.45, 2.75) is 19.4 Å². The molecular weight excluding hydrogens is 354 g/mol. The minimum absolute atomic E-state index is 0.0345. The molecule has 2 N–H and O–H groups in total. The fourth-order valence-corrected chi connectivity index (χ4v) is 2.94. The van der Waals surface area contributed by atoms with Crippen molar-refractivity contribution in [1.29, 1.82) is 0 Å². The molecule has 1 fully saturated rings. The predicted molar refractivity (Wildman–Crippen MR) is 101 cm³/mol. The maximum atomic E-state index is 12.2. The number of urea groups is 1. The number of halogens is 1. The van der Waals surface area contributed by atoms with Crippen molar-refractivity contribution < 1.29 is 14.4 Å². The zero-order valence-electron chi connectivity index (χ0n) is 14.2. The molecule has 0 unspecified atom stereocenters. The summed E-state index contributed by atoms with van der Waals surface area (Å²) in [7, 11) is 0. The van der Waals surface area contributed by atoms with E-state index in [4.69, 9.17) is 11.6 Å². The molecule has 26 heavy (non-hydrogen) atoms. The molecule has 7 heteroatoms. The van der Waals surface area contributed by atoms with Crippen LogP contribution in [0.4, 0.5) is 16.2 Å². The lowest BCUT2D eigenvalue weighted by molar-refractivity contribution is -0.117. The number of rotatable bonds is 4. The zero-order valence-corrected chi connectivity index (χ0v) is 14.9. The van der Waals surface area contributed by atoms with Crippen LogP contribution < -0.4 is 15.5 Å². The highest BCUT2D eigenvalue weighted by atomic mass is 35.5. The molecule has 0 radical (unpaired) electrons. The van der Waals surface area contributed by atoms with E-state index in [1.54, 1.807) is 53.4 Å². The molecular formula is C19H18ClN3O3. The van der Waals surface area contributed by atoms with Gasteiger partial charge in [0.05, 0.1) is 6.04 Å². The smallest absolute Gasteiger partial charge is 0.319 e. The van der Waals surface area contributed by atoms with E-state index in [0.717, 1.165) is 5.69 Å². The maximum Gasteiger partial charge on any atom is 0.319 e. The fourth-order valence-electron chi connectivity index (χ4n) is 2.82. The third-order valence-electron chi connectivity index (χ3n) is 4.15. The summed E-state index contributed by atoms with van der Waals surface area (Å²) in [6, 6.07) is 13.0. The number of ketones is 1. The SMILES string of the molecule is CC(=O)c1ccc(NC(=O)N[C@@H]2CC(=O)N(c3ccc(Cl)cc3)C2)cc1. The molecule has 1 atom stereocenters. The lowest BCUT2D eigenvalue weighted by Crippen LogP contribution is -2.39. The molecule has 0 aromatic heterocycles. The van der Waals surface area contributed by atoms with Gasteiger partial charge in [0.1, 0.15) is 0 Å². The first-order chi connectivity index (χ1) is 12.4. The number of benzene rings is 2. The van der Waals surface area contributed by atoms with Gasteiger partial charge in [-0.1, -0.05) is 11.6 Å². The van der Waals surface area contributed by atoms with Crippen LogP contribution in [0.5, 0.6) is 0 Å². The van der Waals surface area contributed by atoms with Crippen molar-refractivity contribution in [1.82, 2.24) is 5.32 Å². The van der Waals surface area contributed by atoms with Gasteiger partial charge in [-0.05, 0) is 55.5 Å². The summed E-state index contributed by atoms with van der Waals surface area (Å²) < 4.78 is 0. The largest absolute Gasteiger partial charge is 0.333 e. The molecule has 0 bridgehead atoms. The summed E-state index contributed by atoms with van der Waals surface area (Å²) in [5.74, 6) is -0.0869. The van der Waals surface area contributed by atoms with Crippen LogP contribution in [0.15, 0.2) is 48.5 Å². The summed E-state index contributed by atoms with van der Waals surface area (Å²) in [4.78, 5) is 37.2. The number of nitrogens with zero attached hydrogens (tertiary/aromatic N) is 1. The Labute approximate surface area is 156 Å². The molecule has 2 aromatic rings.